The topological polar surface area (TPSA) is 54.0 Å². The van der Waals surface area contributed by atoms with Crippen molar-refractivity contribution in [3.05, 3.63) is 53.1 Å². The zero-order chi connectivity index (χ0) is 20.8. The Balaban J connectivity index is 1.56. The lowest BCUT2D eigenvalue weighted by atomic mass is 10.0. The van der Waals surface area contributed by atoms with Crippen LogP contribution in [-0.4, -0.2) is 51.3 Å². The van der Waals surface area contributed by atoms with E-state index in [1.165, 1.54) is 16.8 Å². The second kappa shape index (κ2) is 9.54. The summed E-state index contributed by atoms with van der Waals surface area (Å²) >= 11 is 0. The Morgan fingerprint density at radius 2 is 1.76 bits per heavy atom. The molecule has 0 atom stereocenters. The van der Waals surface area contributed by atoms with Gasteiger partial charge in [-0.25, -0.2) is 4.79 Å². The third-order valence-electron chi connectivity index (χ3n) is 5.48. The lowest BCUT2D eigenvalue weighted by Gasteiger charge is -2.37. The predicted molar refractivity (Wildman–Crippen MR) is 116 cm³/mol. The standard InChI is InChI=1S/C23H31N3O3/c1-5-19-8-6-7-17(2)22(19)25-11-13-26(14-12-25)23(27)24-16-18-9-10-20(28-3)21(15-18)29-4/h6-10,15H,5,11-14,16H2,1-4H3,(H,24,27). The maximum Gasteiger partial charge on any atom is 0.317 e. The van der Waals surface area contributed by atoms with Gasteiger partial charge in [0.05, 0.1) is 14.2 Å². The van der Waals surface area contributed by atoms with Gasteiger partial charge in [0.2, 0.25) is 0 Å². The highest BCUT2D eigenvalue weighted by Gasteiger charge is 2.23. The van der Waals surface area contributed by atoms with Crippen molar-refractivity contribution in [3.8, 4) is 11.5 Å². The molecule has 1 N–H and O–H groups in total. The first-order valence-corrected chi connectivity index (χ1v) is 10.1. The monoisotopic (exact) mass is 397 g/mol. The van der Waals surface area contributed by atoms with E-state index >= 15 is 0 Å². The third kappa shape index (κ3) is 4.75. The van der Waals surface area contributed by atoms with Gasteiger partial charge in [-0.05, 0) is 42.2 Å². The number of benzene rings is 2. The van der Waals surface area contributed by atoms with Gasteiger partial charge in [-0.1, -0.05) is 31.2 Å². The first kappa shape index (κ1) is 20.8. The number of ether oxygens (including phenoxy) is 2. The molecule has 156 valence electrons. The summed E-state index contributed by atoms with van der Waals surface area (Å²) in [6.45, 7) is 7.94. The summed E-state index contributed by atoms with van der Waals surface area (Å²) in [5, 5.41) is 3.02. The highest BCUT2D eigenvalue weighted by Crippen LogP contribution is 2.28. The number of anilines is 1. The van der Waals surface area contributed by atoms with Crippen molar-refractivity contribution < 1.29 is 14.3 Å². The number of nitrogens with one attached hydrogen (secondary N) is 1. The quantitative estimate of drug-likeness (QED) is 0.809. The minimum absolute atomic E-state index is 0.0278. The number of amides is 2. The first-order valence-electron chi connectivity index (χ1n) is 10.1. The van der Waals surface area contributed by atoms with Crippen molar-refractivity contribution in [2.75, 3.05) is 45.3 Å². The van der Waals surface area contributed by atoms with Gasteiger partial charge in [0.25, 0.3) is 0 Å². The summed E-state index contributed by atoms with van der Waals surface area (Å²) in [7, 11) is 3.22. The molecular weight excluding hydrogens is 366 g/mol. The molecule has 1 saturated heterocycles. The van der Waals surface area contributed by atoms with Crippen molar-refractivity contribution in [3.63, 3.8) is 0 Å². The Bertz CT molecular complexity index is 845. The number of carbonyl (C=O) groups is 1. The molecule has 0 aliphatic carbocycles. The number of urea groups is 1. The first-order chi connectivity index (χ1) is 14.1. The Morgan fingerprint density at radius 1 is 1.03 bits per heavy atom. The van der Waals surface area contributed by atoms with Crippen LogP contribution < -0.4 is 19.7 Å². The fraction of sp³-hybridized carbons (Fsp3) is 0.435. The summed E-state index contributed by atoms with van der Waals surface area (Å²) in [5.41, 5.74) is 4.98. The number of methoxy groups -OCH3 is 2. The molecule has 0 unspecified atom stereocenters. The summed E-state index contributed by atoms with van der Waals surface area (Å²) in [6.07, 6.45) is 1.02. The number of nitrogens with zero attached hydrogens (tertiary/aromatic N) is 2. The van der Waals surface area contributed by atoms with Crippen molar-refractivity contribution in [1.29, 1.82) is 0 Å². The number of rotatable bonds is 6. The smallest absolute Gasteiger partial charge is 0.317 e. The SMILES string of the molecule is CCc1cccc(C)c1N1CCN(C(=O)NCc2ccc(OC)c(OC)c2)CC1. The van der Waals surface area contributed by atoms with Gasteiger partial charge >= 0.3 is 6.03 Å². The van der Waals surface area contributed by atoms with Crippen molar-refractivity contribution in [2.24, 2.45) is 0 Å². The predicted octanol–water partition coefficient (Wildman–Crippen LogP) is 3.61. The van der Waals surface area contributed by atoms with Crippen LogP contribution in [0.1, 0.15) is 23.6 Å². The van der Waals surface area contributed by atoms with Crippen LogP contribution in [0.4, 0.5) is 10.5 Å². The highest BCUT2D eigenvalue weighted by atomic mass is 16.5. The average molecular weight is 398 g/mol. The van der Waals surface area contributed by atoms with Gasteiger partial charge in [0.1, 0.15) is 0 Å². The summed E-state index contributed by atoms with van der Waals surface area (Å²) in [6, 6.07) is 12.1. The molecule has 2 amide bonds. The number of hydrogen-bond acceptors (Lipinski definition) is 4. The second-order valence-corrected chi connectivity index (χ2v) is 7.26. The molecule has 0 radical (unpaired) electrons. The van der Waals surface area contributed by atoms with Crippen molar-refractivity contribution in [1.82, 2.24) is 10.2 Å². The van der Waals surface area contributed by atoms with E-state index in [4.69, 9.17) is 9.47 Å². The van der Waals surface area contributed by atoms with E-state index in [0.29, 0.717) is 18.0 Å². The van der Waals surface area contributed by atoms with Gasteiger partial charge in [-0.2, -0.15) is 0 Å². The zero-order valence-corrected chi connectivity index (χ0v) is 17.8. The van der Waals surface area contributed by atoms with Crippen LogP contribution >= 0.6 is 0 Å². The molecule has 1 fully saturated rings. The van der Waals surface area contributed by atoms with Crippen molar-refractivity contribution in [2.45, 2.75) is 26.8 Å². The minimum atomic E-state index is -0.0278. The van der Waals surface area contributed by atoms with E-state index in [1.54, 1.807) is 14.2 Å². The maximum absolute atomic E-state index is 12.6. The van der Waals surface area contributed by atoms with Gasteiger partial charge in [0.15, 0.2) is 11.5 Å². The Hall–Kier alpha value is -2.89. The Kier molecular flexibility index (Phi) is 6.86. The molecule has 0 bridgehead atoms. The molecule has 2 aromatic carbocycles. The fourth-order valence-electron chi connectivity index (χ4n) is 3.87. The molecular formula is C23H31N3O3. The minimum Gasteiger partial charge on any atom is -0.493 e. The molecule has 0 aromatic heterocycles. The summed E-state index contributed by atoms with van der Waals surface area (Å²) < 4.78 is 10.6. The Labute approximate surface area is 173 Å². The van der Waals surface area contributed by atoms with Crippen LogP contribution in [0.15, 0.2) is 36.4 Å². The molecule has 6 heteroatoms. The number of piperazine rings is 1. The maximum atomic E-state index is 12.6. The zero-order valence-electron chi connectivity index (χ0n) is 17.8. The molecule has 0 saturated carbocycles. The van der Waals surface area contributed by atoms with Crippen LogP contribution in [0.3, 0.4) is 0 Å². The Morgan fingerprint density at radius 3 is 2.41 bits per heavy atom. The molecule has 1 aliphatic heterocycles. The van der Waals surface area contributed by atoms with Crippen LogP contribution in [0.5, 0.6) is 11.5 Å². The lowest BCUT2D eigenvalue weighted by Crippen LogP contribution is -2.52. The van der Waals surface area contributed by atoms with Crippen molar-refractivity contribution >= 4 is 11.7 Å². The third-order valence-corrected chi connectivity index (χ3v) is 5.48. The number of para-hydroxylation sites is 1. The van der Waals surface area contributed by atoms with E-state index in [9.17, 15) is 4.79 Å². The molecule has 1 aliphatic rings. The van der Waals surface area contributed by atoms with Gasteiger partial charge < -0.3 is 24.6 Å². The van der Waals surface area contributed by atoms with Crippen LogP contribution in [0.25, 0.3) is 0 Å². The van der Waals surface area contributed by atoms with Crippen LogP contribution in [-0.2, 0) is 13.0 Å². The van der Waals surface area contributed by atoms with E-state index < -0.39 is 0 Å². The lowest BCUT2D eigenvalue weighted by molar-refractivity contribution is 0.194. The summed E-state index contributed by atoms with van der Waals surface area (Å²) in [5.74, 6) is 1.35. The number of hydrogen-bond donors (Lipinski definition) is 1. The van der Waals surface area contributed by atoms with E-state index in [-0.39, 0.29) is 6.03 Å². The normalized spacial score (nSPS) is 13.9. The van der Waals surface area contributed by atoms with Crippen LogP contribution in [0, 0.1) is 6.92 Å². The number of carbonyl (C=O) groups excluding carboxylic acids is 1. The van der Waals surface area contributed by atoms with E-state index in [1.807, 2.05) is 23.1 Å². The van der Waals surface area contributed by atoms with E-state index in [2.05, 4.69) is 42.3 Å². The second-order valence-electron chi connectivity index (χ2n) is 7.26. The summed E-state index contributed by atoms with van der Waals surface area (Å²) in [4.78, 5) is 16.9. The number of aryl methyl sites for hydroxylation is 2. The average Bonchev–Trinajstić information content (AvgIpc) is 2.77. The van der Waals surface area contributed by atoms with Crippen LogP contribution in [0.2, 0.25) is 0 Å². The largest absolute Gasteiger partial charge is 0.493 e. The van der Waals surface area contributed by atoms with Gasteiger partial charge in [-0.15, -0.1) is 0 Å². The molecule has 1 heterocycles. The molecule has 2 aromatic rings. The van der Waals surface area contributed by atoms with Gasteiger partial charge in [-0.3, -0.25) is 0 Å². The van der Waals surface area contributed by atoms with E-state index in [0.717, 1.165) is 38.2 Å². The fourth-order valence-corrected chi connectivity index (χ4v) is 3.87. The van der Waals surface area contributed by atoms with Gasteiger partial charge in [0, 0.05) is 38.4 Å². The molecule has 29 heavy (non-hydrogen) atoms. The molecule has 3 rings (SSSR count). The molecule has 0 spiro atoms. The highest BCUT2D eigenvalue weighted by molar-refractivity contribution is 5.74. The molecule has 6 nitrogen and oxygen atoms in total.